The normalized spacial score (nSPS) is 41.1. The number of aromatic nitrogens is 1. The Morgan fingerprint density at radius 1 is 1.11 bits per heavy atom. The predicted molar refractivity (Wildman–Crippen MR) is 73.4 cm³/mol. The molecule has 0 aliphatic heterocycles. The summed E-state index contributed by atoms with van der Waals surface area (Å²) in [6.45, 7) is 2.12. The van der Waals surface area contributed by atoms with Crippen LogP contribution in [0.1, 0.15) is 37.7 Å². The Morgan fingerprint density at radius 2 is 2.00 bits per heavy atom. The minimum atomic E-state index is 0.720. The van der Waals surface area contributed by atoms with Crippen LogP contribution in [0, 0.1) is 30.6 Å². The van der Waals surface area contributed by atoms with Crippen LogP contribution in [0.4, 0.5) is 5.69 Å². The SMILES string of the molecule is Cc1cncc(NC2CC3CC2C2CCCC32)c1. The summed E-state index contributed by atoms with van der Waals surface area (Å²) in [4.78, 5) is 4.29. The summed E-state index contributed by atoms with van der Waals surface area (Å²) >= 11 is 0. The van der Waals surface area contributed by atoms with Gasteiger partial charge in [0.1, 0.15) is 0 Å². The summed E-state index contributed by atoms with van der Waals surface area (Å²) in [5, 5.41) is 3.76. The Balaban J connectivity index is 1.51. The van der Waals surface area contributed by atoms with E-state index in [2.05, 4.69) is 23.3 Å². The molecule has 2 nitrogen and oxygen atoms in total. The van der Waals surface area contributed by atoms with Crippen LogP contribution in [0.5, 0.6) is 0 Å². The van der Waals surface area contributed by atoms with E-state index in [4.69, 9.17) is 0 Å². The topological polar surface area (TPSA) is 24.9 Å². The second-order valence-electron chi connectivity index (χ2n) is 6.66. The number of anilines is 1. The number of fused-ring (bicyclic) bond motifs is 5. The van der Waals surface area contributed by atoms with E-state index in [1.807, 2.05) is 12.4 Å². The van der Waals surface area contributed by atoms with Crippen molar-refractivity contribution in [1.82, 2.24) is 4.98 Å². The first kappa shape index (κ1) is 10.8. The van der Waals surface area contributed by atoms with Crippen LogP contribution in [0.3, 0.4) is 0 Å². The van der Waals surface area contributed by atoms with E-state index in [1.165, 1.54) is 43.4 Å². The molecule has 0 saturated heterocycles. The Morgan fingerprint density at radius 3 is 2.89 bits per heavy atom. The third-order valence-electron chi connectivity index (χ3n) is 5.66. The molecule has 1 heterocycles. The molecular weight excluding hydrogens is 220 g/mol. The van der Waals surface area contributed by atoms with Gasteiger partial charge in [-0.3, -0.25) is 4.98 Å². The molecule has 1 N–H and O–H groups in total. The molecule has 96 valence electrons. The monoisotopic (exact) mass is 242 g/mol. The second-order valence-corrected chi connectivity index (χ2v) is 6.66. The molecular formula is C16H22N2. The largest absolute Gasteiger partial charge is 0.381 e. The van der Waals surface area contributed by atoms with Gasteiger partial charge >= 0.3 is 0 Å². The van der Waals surface area contributed by atoms with Crippen molar-refractivity contribution < 1.29 is 0 Å². The van der Waals surface area contributed by atoms with E-state index in [0.29, 0.717) is 0 Å². The molecule has 5 unspecified atom stereocenters. The fraction of sp³-hybridized carbons (Fsp3) is 0.688. The fourth-order valence-electron chi connectivity index (χ4n) is 5.08. The standard InChI is InChI=1S/C16H22N2/c1-10-5-12(9-17-8-10)18-16-7-11-6-15(16)14-4-2-3-13(11)14/h5,8-9,11,13-16,18H,2-4,6-7H2,1H3. The first-order valence-corrected chi connectivity index (χ1v) is 7.49. The quantitative estimate of drug-likeness (QED) is 0.856. The first-order valence-electron chi connectivity index (χ1n) is 7.49. The average Bonchev–Trinajstić information content (AvgIpc) is 2.99. The molecule has 0 amide bonds. The van der Waals surface area contributed by atoms with Crippen LogP contribution in [0.2, 0.25) is 0 Å². The molecule has 18 heavy (non-hydrogen) atoms. The minimum absolute atomic E-state index is 0.720. The van der Waals surface area contributed by atoms with Gasteiger partial charge in [0.2, 0.25) is 0 Å². The van der Waals surface area contributed by atoms with Gasteiger partial charge in [-0.1, -0.05) is 6.42 Å². The maximum Gasteiger partial charge on any atom is 0.0531 e. The average molecular weight is 242 g/mol. The molecule has 1 aromatic heterocycles. The number of pyridine rings is 1. The number of rotatable bonds is 2. The van der Waals surface area contributed by atoms with Crippen LogP contribution in [-0.2, 0) is 0 Å². The smallest absolute Gasteiger partial charge is 0.0531 e. The lowest BCUT2D eigenvalue weighted by Crippen LogP contribution is -2.33. The molecule has 1 aromatic rings. The van der Waals surface area contributed by atoms with Crippen LogP contribution in [0.25, 0.3) is 0 Å². The minimum Gasteiger partial charge on any atom is -0.381 e. The third-order valence-corrected chi connectivity index (χ3v) is 5.66. The van der Waals surface area contributed by atoms with Crippen LogP contribution in [0.15, 0.2) is 18.5 Å². The highest BCUT2D eigenvalue weighted by Gasteiger charge is 2.53. The van der Waals surface area contributed by atoms with Crippen molar-refractivity contribution in [1.29, 1.82) is 0 Å². The lowest BCUT2D eigenvalue weighted by Gasteiger charge is -2.32. The van der Waals surface area contributed by atoms with Crippen LogP contribution in [-0.4, -0.2) is 11.0 Å². The molecule has 5 atom stereocenters. The Bertz CT molecular complexity index is 456. The molecule has 0 spiro atoms. The number of nitrogens with zero attached hydrogens (tertiary/aromatic N) is 1. The van der Waals surface area contributed by atoms with Gasteiger partial charge in [0.15, 0.2) is 0 Å². The van der Waals surface area contributed by atoms with Crippen LogP contribution >= 0.6 is 0 Å². The van der Waals surface area contributed by atoms with Crippen molar-refractivity contribution in [2.75, 3.05) is 5.32 Å². The van der Waals surface area contributed by atoms with Crippen LogP contribution < -0.4 is 5.32 Å². The number of hydrogen-bond acceptors (Lipinski definition) is 2. The van der Waals surface area contributed by atoms with Crippen molar-refractivity contribution in [3.05, 3.63) is 24.0 Å². The zero-order valence-electron chi connectivity index (χ0n) is 11.1. The molecule has 0 aromatic carbocycles. The second kappa shape index (κ2) is 3.97. The van der Waals surface area contributed by atoms with E-state index in [9.17, 15) is 0 Å². The van der Waals surface area contributed by atoms with Gasteiger partial charge in [-0.25, -0.2) is 0 Å². The fourth-order valence-corrected chi connectivity index (χ4v) is 5.08. The van der Waals surface area contributed by atoms with Crippen molar-refractivity contribution in [3.8, 4) is 0 Å². The highest BCUT2D eigenvalue weighted by molar-refractivity contribution is 5.44. The van der Waals surface area contributed by atoms with Crippen molar-refractivity contribution in [2.24, 2.45) is 23.7 Å². The Labute approximate surface area is 109 Å². The molecule has 4 rings (SSSR count). The molecule has 3 aliphatic carbocycles. The van der Waals surface area contributed by atoms with E-state index in [1.54, 1.807) is 0 Å². The summed E-state index contributed by atoms with van der Waals surface area (Å²) in [5.74, 6) is 4.10. The van der Waals surface area contributed by atoms with Crippen molar-refractivity contribution >= 4 is 5.69 Å². The number of hydrogen-bond donors (Lipinski definition) is 1. The summed E-state index contributed by atoms with van der Waals surface area (Å²) in [7, 11) is 0. The summed E-state index contributed by atoms with van der Waals surface area (Å²) in [6.07, 6.45) is 11.3. The molecule has 3 fully saturated rings. The van der Waals surface area contributed by atoms with Gasteiger partial charge in [0.05, 0.1) is 5.69 Å². The van der Waals surface area contributed by atoms with Gasteiger partial charge in [-0.2, -0.15) is 0 Å². The molecule has 2 bridgehead atoms. The Kier molecular flexibility index (Phi) is 2.39. The highest BCUT2D eigenvalue weighted by Crippen LogP contribution is 2.59. The van der Waals surface area contributed by atoms with Gasteiger partial charge in [-0.05, 0) is 67.9 Å². The zero-order valence-corrected chi connectivity index (χ0v) is 11.1. The zero-order chi connectivity index (χ0) is 12.1. The third kappa shape index (κ3) is 1.58. The first-order chi connectivity index (χ1) is 8.81. The lowest BCUT2D eigenvalue weighted by molar-refractivity contribution is 0.243. The van der Waals surface area contributed by atoms with Crippen molar-refractivity contribution in [2.45, 2.75) is 45.1 Å². The predicted octanol–water partition coefficient (Wildman–Crippen LogP) is 3.63. The molecule has 0 radical (unpaired) electrons. The Hall–Kier alpha value is -1.05. The van der Waals surface area contributed by atoms with Gasteiger partial charge in [0, 0.05) is 18.4 Å². The maximum absolute atomic E-state index is 4.29. The maximum atomic E-state index is 4.29. The van der Waals surface area contributed by atoms with E-state index in [-0.39, 0.29) is 0 Å². The van der Waals surface area contributed by atoms with E-state index >= 15 is 0 Å². The van der Waals surface area contributed by atoms with Gasteiger partial charge < -0.3 is 5.32 Å². The number of aryl methyl sites for hydroxylation is 1. The number of nitrogens with one attached hydrogen (secondary N) is 1. The lowest BCUT2D eigenvalue weighted by atomic mass is 9.79. The summed E-state index contributed by atoms with van der Waals surface area (Å²) in [5.41, 5.74) is 2.48. The summed E-state index contributed by atoms with van der Waals surface area (Å²) < 4.78 is 0. The summed E-state index contributed by atoms with van der Waals surface area (Å²) in [6, 6.07) is 2.95. The van der Waals surface area contributed by atoms with Crippen molar-refractivity contribution in [3.63, 3.8) is 0 Å². The highest BCUT2D eigenvalue weighted by atomic mass is 15.0. The van der Waals surface area contributed by atoms with Gasteiger partial charge in [0.25, 0.3) is 0 Å². The van der Waals surface area contributed by atoms with E-state index in [0.717, 1.165) is 29.7 Å². The van der Waals surface area contributed by atoms with Gasteiger partial charge in [-0.15, -0.1) is 0 Å². The molecule has 3 aliphatic rings. The molecule has 3 saturated carbocycles. The molecule has 2 heteroatoms. The van der Waals surface area contributed by atoms with E-state index < -0.39 is 0 Å².